The number of amides is 1. The molecule has 1 aromatic carbocycles. The molecule has 0 bridgehead atoms. The second-order valence-corrected chi connectivity index (χ2v) is 6.23. The van der Waals surface area contributed by atoms with Crippen molar-refractivity contribution in [3.05, 3.63) is 29.8 Å². The van der Waals surface area contributed by atoms with Gasteiger partial charge in [0.25, 0.3) is 0 Å². The van der Waals surface area contributed by atoms with E-state index < -0.39 is 0 Å². The maximum atomic E-state index is 12.3. The van der Waals surface area contributed by atoms with Crippen LogP contribution in [0, 0.1) is 0 Å². The summed E-state index contributed by atoms with van der Waals surface area (Å²) in [7, 11) is 0. The highest BCUT2D eigenvalue weighted by atomic mass is 16.2. The van der Waals surface area contributed by atoms with Crippen molar-refractivity contribution in [1.82, 2.24) is 9.80 Å². The number of hydrogen-bond donors (Lipinski definition) is 1. The third-order valence-electron chi connectivity index (χ3n) is 4.41. The molecule has 0 aromatic heterocycles. The van der Waals surface area contributed by atoms with Crippen LogP contribution in [-0.2, 0) is 4.79 Å². The zero-order valence-corrected chi connectivity index (χ0v) is 14.1. The van der Waals surface area contributed by atoms with E-state index in [9.17, 15) is 4.79 Å². The van der Waals surface area contributed by atoms with Crippen LogP contribution < -0.4 is 5.32 Å². The van der Waals surface area contributed by atoms with E-state index in [1.807, 2.05) is 11.0 Å². The predicted molar refractivity (Wildman–Crippen MR) is 92.3 cm³/mol. The summed E-state index contributed by atoms with van der Waals surface area (Å²) < 4.78 is 0. The standard InChI is InChI=1S/C18H29N3O/c1-4-20-11-13-21(14-12-20)18(22)9-10-19-17-8-6-5-7-16(17)15(2)3/h5-8,15,19H,4,9-14H2,1-3H3. The topological polar surface area (TPSA) is 35.6 Å². The van der Waals surface area contributed by atoms with Crippen molar-refractivity contribution >= 4 is 11.6 Å². The molecule has 0 atom stereocenters. The van der Waals surface area contributed by atoms with E-state index >= 15 is 0 Å². The minimum absolute atomic E-state index is 0.269. The second kappa shape index (κ2) is 8.18. The molecule has 1 aliphatic rings. The molecule has 0 saturated carbocycles. The van der Waals surface area contributed by atoms with Crippen molar-refractivity contribution in [1.29, 1.82) is 0 Å². The van der Waals surface area contributed by atoms with Crippen LogP contribution >= 0.6 is 0 Å². The Bertz CT molecular complexity index is 479. The van der Waals surface area contributed by atoms with Gasteiger partial charge >= 0.3 is 0 Å². The van der Waals surface area contributed by atoms with Gasteiger partial charge in [0.2, 0.25) is 5.91 Å². The third kappa shape index (κ3) is 4.47. The summed E-state index contributed by atoms with van der Waals surface area (Å²) in [5.41, 5.74) is 2.47. The number of carbonyl (C=O) groups excluding carboxylic acids is 1. The largest absolute Gasteiger partial charge is 0.384 e. The lowest BCUT2D eigenvalue weighted by atomic mass is 10.0. The lowest BCUT2D eigenvalue weighted by molar-refractivity contribution is -0.132. The molecule has 4 nitrogen and oxygen atoms in total. The Morgan fingerprint density at radius 2 is 1.86 bits per heavy atom. The molecular weight excluding hydrogens is 274 g/mol. The Morgan fingerprint density at radius 1 is 1.18 bits per heavy atom. The molecule has 1 heterocycles. The Kier molecular flexibility index (Phi) is 6.25. The lowest BCUT2D eigenvalue weighted by Gasteiger charge is -2.34. The van der Waals surface area contributed by atoms with Gasteiger partial charge in [-0.3, -0.25) is 4.79 Å². The zero-order valence-electron chi connectivity index (χ0n) is 14.1. The molecule has 1 fully saturated rings. The first-order chi connectivity index (χ1) is 10.6. The highest BCUT2D eigenvalue weighted by Gasteiger charge is 2.19. The molecule has 4 heteroatoms. The van der Waals surface area contributed by atoms with Gasteiger partial charge in [0.15, 0.2) is 0 Å². The van der Waals surface area contributed by atoms with Crippen molar-refractivity contribution in [3.63, 3.8) is 0 Å². The van der Waals surface area contributed by atoms with Gasteiger partial charge in [0, 0.05) is 44.8 Å². The van der Waals surface area contributed by atoms with Crippen molar-refractivity contribution in [2.75, 3.05) is 44.6 Å². The quantitative estimate of drug-likeness (QED) is 0.878. The van der Waals surface area contributed by atoms with Crippen molar-refractivity contribution in [2.45, 2.75) is 33.1 Å². The molecule has 0 aliphatic carbocycles. The smallest absolute Gasteiger partial charge is 0.224 e. The monoisotopic (exact) mass is 303 g/mol. The Balaban J connectivity index is 1.78. The van der Waals surface area contributed by atoms with Crippen molar-refractivity contribution in [3.8, 4) is 0 Å². The van der Waals surface area contributed by atoms with Crippen LogP contribution in [0.15, 0.2) is 24.3 Å². The molecule has 122 valence electrons. The van der Waals surface area contributed by atoms with Crippen molar-refractivity contribution in [2.24, 2.45) is 0 Å². The fourth-order valence-corrected chi connectivity index (χ4v) is 2.94. The normalized spacial score (nSPS) is 16.1. The van der Waals surface area contributed by atoms with E-state index in [0.29, 0.717) is 18.9 Å². The van der Waals surface area contributed by atoms with Crippen LogP contribution in [-0.4, -0.2) is 55.0 Å². The van der Waals surface area contributed by atoms with Crippen LogP contribution in [0.2, 0.25) is 0 Å². The van der Waals surface area contributed by atoms with Gasteiger partial charge in [0.05, 0.1) is 0 Å². The summed E-state index contributed by atoms with van der Waals surface area (Å²) >= 11 is 0. The van der Waals surface area contributed by atoms with E-state index in [1.54, 1.807) is 0 Å². The van der Waals surface area contributed by atoms with Gasteiger partial charge in [-0.15, -0.1) is 0 Å². The molecule has 22 heavy (non-hydrogen) atoms. The van der Waals surface area contributed by atoms with Gasteiger partial charge in [-0.25, -0.2) is 0 Å². The number of nitrogens with zero attached hydrogens (tertiary/aromatic N) is 2. The van der Waals surface area contributed by atoms with E-state index in [0.717, 1.165) is 38.4 Å². The lowest BCUT2D eigenvalue weighted by Crippen LogP contribution is -2.48. The fraction of sp³-hybridized carbons (Fsp3) is 0.611. The van der Waals surface area contributed by atoms with Gasteiger partial charge in [0.1, 0.15) is 0 Å². The van der Waals surface area contributed by atoms with E-state index in [4.69, 9.17) is 0 Å². The minimum Gasteiger partial charge on any atom is -0.384 e. The summed E-state index contributed by atoms with van der Waals surface area (Å²) in [6.45, 7) is 12.1. The number of nitrogens with one attached hydrogen (secondary N) is 1. The van der Waals surface area contributed by atoms with Crippen molar-refractivity contribution < 1.29 is 4.79 Å². The number of carbonyl (C=O) groups is 1. The molecule has 1 amide bonds. The maximum Gasteiger partial charge on any atom is 0.224 e. The summed E-state index contributed by atoms with van der Waals surface area (Å²) in [5, 5.41) is 3.43. The Morgan fingerprint density at radius 3 is 2.50 bits per heavy atom. The molecule has 1 saturated heterocycles. The van der Waals surface area contributed by atoms with E-state index in [1.165, 1.54) is 5.56 Å². The molecule has 1 aliphatic heterocycles. The second-order valence-electron chi connectivity index (χ2n) is 6.23. The third-order valence-corrected chi connectivity index (χ3v) is 4.41. The highest BCUT2D eigenvalue weighted by molar-refractivity contribution is 5.77. The van der Waals surface area contributed by atoms with Gasteiger partial charge in [-0.1, -0.05) is 39.0 Å². The number of piperazine rings is 1. The first kappa shape index (κ1) is 16.8. The maximum absolute atomic E-state index is 12.3. The average molecular weight is 303 g/mol. The fourth-order valence-electron chi connectivity index (χ4n) is 2.94. The summed E-state index contributed by atoms with van der Waals surface area (Å²) in [6, 6.07) is 8.36. The summed E-state index contributed by atoms with van der Waals surface area (Å²) in [5.74, 6) is 0.756. The number of likely N-dealkylation sites (N-methyl/N-ethyl adjacent to an activating group) is 1. The highest BCUT2D eigenvalue weighted by Crippen LogP contribution is 2.23. The Labute approximate surface area is 134 Å². The minimum atomic E-state index is 0.269. The number of anilines is 1. The van der Waals surface area contributed by atoms with Crippen LogP contribution in [0.5, 0.6) is 0 Å². The van der Waals surface area contributed by atoms with E-state index in [-0.39, 0.29) is 5.91 Å². The SMILES string of the molecule is CCN1CCN(C(=O)CCNc2ccccc2C(C)C)CC1. The Hall–Kier alpha value is -1.55. The molecule has 0 unspecified atom stereocenters. The molecule has 1 aromatic rings. The summed E-state index contributed by atoms with van der Waals surface area (Å²) in [6.07, 6.45) is 0.568. The van der Waals surface area contributed by atoms with Gasteiger partial charge < -0.3 is 15.1 Å². The average Bonchev–Trinajstić information content (AvgIpc) is 2.55. The van der Waals surface area contributed by atoms with Crippen LogP contribution in [0.25, 0.3) is 0 Å². The van der Waals surface area contributed by atoms with Crippen LogP contribution in [0.3, 0.4) is 0 Å². The molecule has 0 spiro atoms. The van der Waals surface area contributed by atoms with Gasteiger partial charge in [-0.05, 0) is 24.1 Å². The number of benzene rings is 1. The summed E-state index contributed by atoms with van der Waals surface area (Å²) in [4.78, 5) is 16.7. The molecule has 1 N–H and O–H groups in total. The predicted octanol–water partition coefficient (Wildman–Crippen LogP) is 2.78. The van der Waals surface area contributed by atoms with E-state index in [2.05, 4.69) is 49.2 Å². The van der Waals surface area contributed by atoms with Crippen LogP contribution in [0.4, 0.5) is 5.69 Å². The van der Waals surface area contributed by atoms with Gasteiger partial charge in [-0.2, -0.15) is 0 Å². The molecule has 2 rings (SSSR count). The first-order valence-corrected chi connectivity index (χ1v) is 8.44. The zero-order chi connectivity index (χ0) is 15.9. The number of hydrogen-bond acceptors (Lipinski definition) is 3. The molecule has 0 radical (unpaired) electrons. The van der Waals surface area contributed by atoms with Crippen LogP contribution in [0.1, 0.15) is 38.7 Å². The number of rotatable bonds is 6. The molecular formula is C18H29N3O. The number of para-hydroxylation sites is 1. The first-order valence-electron chi connectivity index (χ1n) is 8.44.